The number of benzene rings is 1. The molecular formula is C13H17N. The van der Waals surface area contributed by atoms with Crippen molar-refractivity contribution in [1.82, 2.24) is 5.32 Å². The molecule has 2 atom stereocenters. The lowest BCUT2D eigenvalue weighted by Gasteiger charge is -2.23. The molecule has 0 radical (unpaired) electrons. The van der Waals surface area contributed by atoms with Gasteiger partial charge in [0.1, 0.15) is 0 Å². The zero-order valence-electron chi connectivity index (χ0n) is 8.72. The van der Waals surface area contributed by atoms with E-state index < -0.39 is 0 Å². The van der Waals surface area contributed by atoms with Gasteiger partial charge in [-0.1, -0.05) is 29.8 Å². The molecule has 1 N–H and O–H groups in total. The van der Waals surface area contributed by atoms with E-state index >= 15 is 0 Å². The summed E-state index contributed by atoms with van der Waals surface area (Å²) in [5.41, 5.74) is 3.44. The molecule has 1 saturated carbocycles. The second-order valence-corrected chi connectivity index (χ2v) is 4.89. The monoisotopic (exact) mass is 187 g/mol. The predicted molar refractivity (Wildman–Crippen MR) is 58.5 cm³/mol. The molecule has 1 heterocycles. The maximum Gasteiger partial charge on any atom is 0.0110 e. The van der Waals surface area contributed by atoms with Crippen LogP contribution in [0.15, 0.2) is 24.3 Å². The molecule has 1 aliphatic carbocycles. The first kappa shape index (κ1) is 8.49. The van der Waals surface area contributed by atoms with Crippen molar-refractivity contribution in [2.45, 2.75) is 25.2 Å². The van der Waals surface area contributed by atoms with E-state index in [-0.39, 0.29) is 0 Å². The lowest BCUT2D eigenvalue weighted by molar-refractivity contribution is 0.447. The summed E-state index contributed by atoms with van der Waals surface area (Å²) in [7, 11) is 0. The Hall–Kier alpha value is -0.820. The van der Waals surface area contributed by atoms with Gasteiger partial charge < -0.3 is 5.32 Å². The third-order valence-electron chi connectivity index (χ3n) is 3.97. The molecule has 1 nitrogen and oxygen atoms in total. The molecule has 1 aromatic carbocycles. The van der Waals surface area contributed by atoms with E-state index in [0.29, 0.717) is 5.41 Å². The van der Waals surface area contributed by atoms with Crippen LogP contribution in [-0.4, -0.2) is 13.1 Å². The Kier molecular flexibility index (Phi) is 1.72. The van der Waals surface area contributed by atoms with E-state index in [1.807, 2.05) is 0 Å². The lowest BCUT2D eigenvalue weighted by atomic mass is 9.89. The first-order valence-electron chi connectivity index (χ1n) is 5.59. The fourth-order valence-electron chi connectivity index (χ4n) is 2.90. The smallest absolute Gasteiger partial charge is 0.0110 e. The second kappa shape index (κ2) is 2.83. The van der Waals surface area contributed by atoms with Crippen LogP contribution in [0.3, 0.4) is 0 Å². The average Bonchev–Trinajstić information content (AvgIpc) is 2.94. The Balaban J connectivity index is 1.92. The summed E-state index contributed by atoms with van der Waals surface area (Å²) in [4.78, 5) is 0. The molecule has 14 heavy (non-hydrogen) atoms. The third kappa shape index (κ3) is 1.12. The summed E-state index contributed by atoms with van der Waals surface area (Å²) in [5.74, 6) is 0.964. The Morgan fingerprint density at radius 1 is 1.29 bits per heavy atom. The summed E-state index contributed by atoms with van der Waals surface area (Å²) in [6.45, 7) is 4.57. The van der Waals surface area contributed by atoms with Crippen molar-refractivity contribution >= 4 is 0 Å². The van der Waals surface area contributed by atoms with Gasteiger partial charge in [-0.15, -0.1) is 0 Å². The second-order valence-electron chi connectivity index (χ2n) is 4.89. The minimum absolute atomic E-state index is 0.520. The molecule has 2 aliphatic rings. The van der Waals surface area contributed by atoms with Crippen LogP contribution in [0.1, 0.15) is 24.0 Å². The summed E-state index contributed by atoms with van der Waals surface area (Å²) >= 11 is 0. The zero-order valence-corrected chi connectivity index (χ0v) is 8.72. The van der Waals surface area contributed by atoms with Crippen LogP contribution >= 0.6 is 0 Å². The largest absolute Gasteiger partial charge is 0.316 e. The van der Waals surface area contributed by atoms with E-state index in [4.69, 9.17) is 0 Å². The van der Waals surface area contributed by atoms with Crippen LogP contribution in [0.2, 0.25) is 0 Å². The van der Waals surface area contributed by atoms with Gasteiger partial charge in [-0.2, -0.15) is 0 Å². The predicted octanol–water partition coefficient (Wildman–Crippen LogP) is 2.25. The summed E-state index contributed by atoms with van der Waals surface area (Å²) < 4.78 is 0. The van der Waals surface area contributed by atoms with Crippen LogP contribution < -0.4 is 5.32 Å². The van der Waals surface area contributed by atoms with E-state index in [1.54, 1.807) is 5.56 Å². The molecule has 0 amide bonds. The van der Waals surface area contributed by atoms with Crippen molar-refractivity contribution in [3.05, 3.63) is 35.4 Å². The highest BCUT2D eigenvalue weighted by Crippen LogP contribution is 2.56. The Bertz CT molecular complexity index is 341. The van der Waals surface area contributed by atoms with Gasteiger partial charge in [-0.3, -0.25) is 0 Å². The normalized spacial score (nSPS) is 35.1. The van der Waals surface area contributed by atoms with Gasteiger partial charge in [0, 0.05) is 12.0 Å². The highest BCUT2D eigenvalue weighted by Gasteiger charge is 2.55. The maximum absolute atomic E-state index is 3.53. The molecule has 1 saturated heterocycles. The van der Waals surface area contributed by atoms with Crippen molar-refractivity contribution < 1.29 is 0 Å². The average molecular weight is 187 g/mol. The lowest BCUT2D eigenvalue weighted by Crippen LogP contribution is -2.34. The van der Waals surface area contributed by atoms with Crippen LogP contribution in [0.5, 0.6) is 0 Å². The van der Waals surface area contributed by atoms with Gasteiger partial charge in [0.2, 0.25) is 0 Å². The Morgan fingerprint density at radius 3 is 2.79 bits per heavy atom. The zero-order chi connectivity index (χ0) is 9.60. The highest BCUT2D eigenvalue weighted by atomic mass is 14.9. The maximum atomic E-state index is 3.53. The van der Waals surface area contributed by atoms with E-state index in [0.717, 1.165) is 5.92 Å². The molecule has 2 unspecified atom stereocenters. The molecule has 2 fully saturated rings. The minimum atomic E-state index is 0.520. The van der Waals surface area contributed by atoms with Gasteiger partial charge >= 0.3 is 0 Å². The Morgan fingerprint density at radius 2 is 2.07 bits per heavy atom. The molecule has 0 spiro atoms. The molecule has 74 valence electrons. The quantitative estimate of drug-likeness (QED) is 0.711. The van der Waals surface area contributed by atoms with E-state index in [2.05, 4.69) is 36.5 Å². The van der Waals surface area contributed by atoms with Crippen LogP contribution in [0.25, 0.3) is 0 Å². The van der Waals surface area contributed by atoms with Gasteiger partial charge in [-0.05, 0) is 37.8 Å². The van der Waals surface area contributed by atoms with Crippen molar-refractivity contribution in [2.75, 3.05) is 13.1 Å². The van der Waals surface area contributed by atoms with Gasteiger partial charge in [0.15, 0.2) is 0 Å². The Labute approximate surface area is 85.5 Å². The van der Waals surface area contributed by atoms with Gasteiger partial charge in [-0.25, -0.2) is 0 Å². The fourth-order valence-corrected chi connectivity index (χ4v) is 2.90. The van der Waals surface area contributed by atoms with Crippen molar-refractivity contribution in [3.8, 4) is 0 Å². The first-order valence-corrected chi connectivity index (χ1v) is 5.59. The number of hydrogen-bond acceptors (Lipinski definition) is 1. The SMILES string of the molecule is Cc1ccc(C23CNCCC2C3)cc1. The minimum Gasteiger partial charge on any atom is -0.316 e. The van der Waals surface area contributed by atoms with Crippen LogP contribution in [-0.2, 0) is 5.41 Å². The van der Waals surface area contributed by atoms with Gasteiger partial charge in [0.25, 0.3) is 0 Å². The number of aryl methyl sites for hydroxylation is 1. The molecule has 1 aliphatic heterocycles. The van der Waals surface area contributed by atoms with Gasteiger partial charge in [0.05, 0.1) is 0 Å². The molecule has 0 bridgehead atoms. The third-order valence-corrected chi connectivity index (χ3v) is 3.97. The van der Waals surface area contributed by atoms with Crippen LogP contribution in [0, 0.1) is 12.8 Å². The van der Waals surface area contributed by atoms with E-state index in [9.17, 15) is 0 Å². The molecule has 0 aromatic heterocycles. The number of fused-ring (bicyclic) bond motifs is 1. The molecule has 3 rings (SSSR count). The number of rotatable bonds is 1. The number of nitrogens with one attached hydrogen (secondary N) is 1. The van der Waals surface area contributed by atoms with E-state index in [1.165, 1.54) is 31.5 Å². The number of hydrogen-bond donors (Lipinski definition) is 1. The highest BCUT2D eigenvalue weighted by molar-refractivity contribution is 5.36. The molecular weight excluding hydrogens is 170 g/mol. The van der Waals surface area contributed by atoms with Crippen molar-refractivity contribution in [2.24, 2.45) is 5.92 Å². The van der Waals surface area contributed by atoms with Crippen LogP contribution in [0.4, 0.5) is 0 Å². The summed E-state index contributed by atoms with van der Waals surface area (Å²) in [6.07, 6.45) is 2.77. The number of piperidine rings is 1. The first-order chi connectivity index (χ1) is 6.81. The molecule has 1 aromatic rings. The molecule has 1 heteroatoms. The van der Waals surface area contributed by atoms with Crippen molar-refractivity contribution in [1.29, 1.82) is 0 Å². The summed E-state index contributed by atoms with van der Waals surface area (Å²) in [5, 5.41) is 3.53. The topological polar surface area (TPSA) is 12.0 Å². The summed E-state index contributed by atoms with van der Waals surface area (Å²) in [6, 6.07) is 9.13. The van der Waals surface area contributed by atoms with Crippen molar-refractivity contribution in [3.63, 3.8) is 0 Å². The standard InChI is InChI=1S/C13H17N/c1-10-2-4-11(5-3-10)13-8-12(13)6-7-14-9-13/h2-5,12,14H,6-9H2,1H3. The fraction of sp³-hybridized carbons (Fsp3) is 0.538.